The van der Waals surface area contributed by atoms with E-state index in [0.29, 0.717) is 29.2 Å². The lowest BCUT2D eigenvalue weighted by atomic mass is 10.1. The summed E-state index contributed by atoms with van der Waals surface area (Å²) in [7, 11) is 0. The van der Waals surface area contributed by atoms with Crippen LogP contribution in [0.4, 0.5) is 5.13 Å². The van der Waals surface area contributed by atoms with Gasteiger partial charge in [-0.05, 0) is 31.0 Å². The summed E-state index contributed by atoms with van der Waals surface area (Å²) in [4.78, 5) is 31.0. The molecule has 2 aromatic heterocycles. The number of carbonyl (C=O) groups excluding carboxylic acids is 2. The van der Waals surface area contributed by atoms with E-state index in [1.165, 1.54) is 11.3 Å². The van der Waals surface area contributed by atoms with E-state index >= 15 is 0 Å². The van der Waals surface area contributed by atoms with Crippen molar-refractivity contribution in [3.63, 3.8) is 0 Å². The number of amides is 2. The molecule has 0 spiro atoms. The molecule has 1 aromatic carbocycles. The van der Waals surface area contributed by atoms with Crippen molar-refractivity contribution >= 4 is 51.0 Å². The number of carbonyl (C=O) groups is 2. The Morgan fingerprint density at radius 1 is 1.25 bits per heavy atom. The molecule has 24 heavy (non-hydrogen) atoms. The third-order valence-corrected chi connectivity index (χ3v) is 5.22. The van der Waals surface area contributed by atoms with Crippen molar-refractivity contribution in [2.45, 2.75) is 18.9 Å². The quantitative estimate of drug-likeness (QED) is 0.776. The standard InChI is InChI=1S/C15H13N5O2S2/c21-13(17-15-16-5-7-23-15)12-2-1-6-20(12)14(22)9-3-4-10-11(8-9)19-24-18-10/h3-5,7-8,12H,1-2,6H2,(H,16,17,21). The smallest absolute Gasteiger partial charge is 0.254 e. The topological polar surface area (TPSA) is 88.1 Å². The van der Waals surface area contributed by atoms with Gasteiger partial charge in [-0.3, -0.25) is 9.59 Å². The molecule has 0 saturated carbocycles. The highest BCUT2D eigenvalue weighted by Gasteiger charge is 2.35. The number of thiazole rings is 1. The number of rotatable bonds is 3. The third kappa shape index (κ3) is 2.76. The summed E-state index contributed by atoms with van der Waals surface area (Å²) in [6.07, 6.45) is 3.10. The maximum absolute atomic E-state index is 12.8. The Hall–Kier alpha value is -2.39. The normalized spacial score (nSPS) is 17.3. The number of nitrogens with zero attached hydrogens (tertiary/aromatic N) is 4. The Bertz CT molecular complexity index is 892. The van der Waals surface area contributed by atoms with Crippen molar-refractivity contribution in [3.05, 3.63) is 35.3 Å². The van der Waals surface area contributed by atoms with E-state index in [9.17, 15) is 9.59 Å². The van der Waals surface area contributed by atoms with Crippen LogP contribution in [0.15, 0.2) is 29.8 Å². The second kappa shape index (κ2) is 6.25. The van der Waals surface area contributed by atoms with E-state index in [1.807, 2.05) is 0 Å². The first kappa shape index (κ1) is 15.2. The summed E-state index contributed by atoms with van der Waals surface area (Å²) >= 11 is 2.48. The predicted molar refractivity (Wildman–Crippen MR) is 92.2 cm³/mol. The summed E-state index contributed by atoms with van der Waals surface area (Å²) in [5.41, 5.74) is 2.01. The van der Waals surface area contributed by atoms with E-state index in [-0.39, 0.29) is 11.8 Å². The van der Waals surface area contributed by atoms with Crippen LogP contribution in [-0.4, -0.2) is 43.0 Å². The molecule has 7 nitrogen and oxygen atoms in total. The number of fused-ring (bicyclic) bond motifs is 1. The van der Waals surface area contributed by atoms with Crippen LogP contribution in [0.2, 0.25) is 0 Å². The summed E-state index contributed by atoms with van der Waals surface area (Å²) in [6, 6.07) is 4.79. The van der Waals surface area contributed by atoms with Gasteiger partial charge in [0.1, 0.15) is 17.1 Å². The Morgan fingerprint density at radius 3 is 2.96 bits per heavy atom. The summed E-state index contributed by atoms with van der Waals surface area (Å²) in [6.45, 7) is 0.572. The second-order valence-corrected chi connectivity index (χ2v) is 6.87. The predicted octanol–water partition coefficient (Wildman–Crippen LogP) is 2.39. The number of hydrogen-bond donors (Lipinski definition) is 1. The summed E-state index contributed by atoms with van der Waals surface area (Å²) in [5, 5.41) is 5.13. The minimum Gasteiger partial charge on any atom is -0.327 e. The molecule has 1 unspecified atom stereocenters. The van der Waals surface area contributed by atoms with Crippen LogP contribution < -0.4 is 5.32 Å². The van der Waals surface area contributed by atoms with Gasteiger partial charge in [0, 0.05) is 23.7 Å². The van der Waals surface area contributed by atoms with Crippen molar-refractivity contribution in [2.24, 2.45) is 0 Å². The fraction of sp³-hybridized carbons (Fsp3) is 0.267. The van der Waals surface area contributed by atoms with Gasteiger partial charge in [-0.15, -0.1) is 11.3 Å². The zero-order valence-electron chi connectivity index (χ0n) is 12.5. The summed E-state index contributed by atoms with van der Waals surface area (Å²) < 4.78 is 8.30. The van der Waals surface area contributed by atoms with Gasteiger partial charge in [0.2, 0.25) is 5.91 Å². The van der Waals surface area contributed by atoms with Gasteiger partial charge in [-0.2, -0.15) is 8.75 Å². The van der Waals surface area contributed by atoms with Crippen molar-refractivity contribution < 1.29 is 9.59 Å². The molecule has 0 aliphatic carbocycles. The van der Waals surface area contributed by atoms with Crippen LogP contribution in [0.25, 0.3) is 11.0 Å². The van der Waals surface area contributed by atoms with Crippen LogP contribution in [0.1, 0.15) is 23.2 Å². The van der Waals surface area contributed by atoms with E-state index in [2.05, 4.69) is 19.0 Å². The maximum atomic E-state index is 12.8. The summed E-state index contributed by atoms with van der Waals surface area (Å²) in [5.74, 6) is -0.339. The molecule has 2 amide bonds. The van der Waals surface area contributed by atoms with Crippen LogP contribution in [0.3, 0.4) is 0 Å². The first-order chi connectivity index (χ1) is 11.7. The van der Waals surface area contributed by atoms with Gasteiger partial charge < -0.3 is 10.2 Å². The van der Waals surface area contributed by atoms with Gasteiger partial charge in [-0.25, -0.2) is 4.98 Å². The van der Waals surface area contributed by atoms with Gasteiger partial charge in [0.15, 0.2) is 5.13 Å². The molecule has 3 aromatic rings. The fourth-order valence-corrected chi connectivity index (χ4v) is 3.89. The van der Waals surface area contributed by atoms with Crippen LogP contribution in [0.5, 0.6) is 0 Å². The molecule has 0 bridgehead atoms. The lowest BCUT2D eigenvalue weighted by molar-refractivity contribution is -0.119. The van der Waals surface area contributed by atoms with Crippen molar-refractivity contribution in [2.75, 3.05) is 11.9 Å². The lowest BCUT2D eigenvalue weighted by Crippen LogP contribution is -2.43. The zero-order valence-corrected chi connectivity index (χ0v) is 14.1. The number of likely N-dealkylation sites (tertiary alicyclic amines) is 1. The van der Waals surface area contributed by atoms with E-state index in [0.717, 1.165) is 23.7 Å². The minimum atomic E-state index is -0.467. The first-order valence-electron chi connectivity index (χ1n) is 7.46. The molecule has 1 atom stereocenters. The highest BCUT2D eigenvalue weighted by atomic mass is 32.1. The number of hydrogen-bond acceptors (Lipinski definition) is 7. The molecule has 1 aliphatic rings. The van der Waals surface area contributed by atoms with E-state index in [1.54, 1.807) is 34.7 Å². The second-order valence-electron chi connectivity index (χ2n) is 5.45. The highest BCUT2D eigenvalue weighted by Crippen LogP contribution is 2.23. The molecular formula is C15H13N5O2S2. The van der Waals surface area contributed by atoms with Crippen LogP contribution in [-0.2, 0) is 4.79 Å². The molecule has 1 saturated heterocycles. The molecule has 122 valence electrons. The molecule has 3 heterocycles. The molecular weight excluding hydrogens is 346 g/mol. The van der Waals surface area contributed by atoms with Crippen molar-refractivity contribution in [3.8, 4) is 0 Å². The van der Waals surface area contributed by atoms with Crippen molar-refractivity contribution in [1.82, 2.24) is 18.6 Å². The van der Waals surface area contributed by atoms with Crippen molar-refractivity contribution in [1.29, 1.82) is 0 Å². The maximum Gasteiger partial charge on any atom is 0.254 e. The lowest BCUT2D eigenvalue weighted by Gasteiger charge is -2.23. The minimum absolute atomic E-state index is 0.151. The number of nitrogens with one attached hydrogen (secondary N) is 1. The molecule has 9 heteroatoms. The molecule has 0 radical (unpaired) electrons. The Kier molecular flexibility index (Phi) is 3.95. The van der Waals surface area contributed by atoms with Gasteiger partial charge in [0.25, 0.3) is 5.91 Å². The molecule has 1 fully saturated rings. The number of anilines is 1. The van der Waals surface area contributed by atoms with Crippen LogP contribution in [0, 0.1) is 0 Å². The SMILES string of the molecule is O=C(Nc1nccs1)C1CCCN1C(=O)c1ccc2nsnc2c1. The van der Waals surface area contributed by atoms with E-state index in [4.69, 9.17) is 0 Å². The average molecular weight is 359 g/mol. The average Bonchev–Trinajstić information content (AvgIpc) is 3.33. The third-order valence-electron chi connectivity index (χ3n) is 3.98. The number of benzene rings is 1. The Balaban J connectivity index is 1.55. The molecule has 1 aliphatic heterocycles. The van der Waals surface area contributed by atoms with E-state index < -0.39 is 6.04 Å². The Labute approximate surface area is 145 Å². The first-order valence-corrected chi connectivity index (χ1v) is 9.07. The Morgan fingerprint density at radius 2 is 2.12 bits per heavy atom. The molecule has 1 N–H and O–H groups in total. The van der Waals surface area contributed by atoms with Crippen LogP contribution >= 0.6 is 23.1 Å². The van der Waals surface area contributed by atoms with Gasteiger partial charge >= 0.3 is 0 Å². The van der Waals surface area contributed by atoms with Gasteiger partial charge in [-0.1, -0.05) is 0 Å². The highest BCUT2D eigenvalue weighted by molar-refractivity contribution is 7.13. The zero-order chi connectivity index (χ0) is 16.5. The molecule has 4 rings (SSSR count). The fourth-order valence-electron chi connectivity index (χ4n) is 2.84. The van der Waals surface area contributed by atoms with Gasteiger partial charge in [0.05, 0.1) is 11.7 Å². The largest absolute Gasteiger partial charge is 0.327 e. The monoisotopic (exact) mass is 359 g/mol. The number of aromatic nitrogens is 3.